The van der Waals surface area contributed by atoms with Gasteiger partial charge in [0.1, 0.15) is 0 Å². The van der Waals surface area contributed by atoms with Crippen molar-refractivity contribution in [2.75, 3.05) is 19.3 Å². The molecule has 0 aromatic heterocycles. The van der Waals surface area contributed by atoms with Crippen LogP contribution in [0.25, 0.3) is 0 Å². The second-order valence-corrected chi connectivity index (χ2v) is 6.83. The normalized spacial score (nSPS) is 18.9. The van der Waals surface area contributed by atoms with Crippen LogP contribution in [0.3, 0.4) is 0 Å². The van der Waals surface area contributed by atoms with Gasteiger partial charge in [0, 0.05) is 24.4 Å². The summed E-state index contributed by atoms with van der Waals surface area (Å²) in [4.78, 5) is 12.2. The summed E-state index contributed by atoms with van der Waals surface area (Å²) in [6, 6.07) is 6.24. The molecule has 1 aromatic rings. The van der Waals surface area contributed by atoms with Crippen LogP contribution in [0.5, 0.6) is 0 Å². The Morgan fingerprint density at radius 3 is 2.75 bits per heavy atom. The number of benzene rings is 1. The van der Waals surface area contributed by atoms with Crippen molar-refractivity contribution in [1.29, 1.82) is 0 Å². The van der Waals surface area contributed by atoms with E-state index in [9.17, 15) is 13.2 Å². The maximum Gasteiger partial charge on any atom is 0.251 e. The van der Waals surface area contributed by atoms with E-state index in [-0.39, 0.29) is 29.3 Å². The van der Waals surface area contributed by atoms with E-state index >= 15 is 0 Å². The molecule has 5 nitrogen and oxygen atoms in total. The molecule has 0 unspecified atom stereocenters. The molecular formula is C13H19ClN2O3S. The molecule has 1 atom stereocenters. The first kappa shape index (κ1) is 16.9. The number of carbonyl (C=O) groups is 1. The maximum atomic E-state index is 12.1. The Bertz CT molecular complexity index is 569. The van der Waals surface area contributed by atoms with Crippen LogP contribution in [0.2, 0.25) is 0 Å². The molecule has 1 fully saturated rings. The molecule has 1 aromatic carbocycles. The molecule has 20 heavy (non-hydrogen) atoms. The number of hydrogen-bond donors (Lipinski definition) is 2. The third-order valence-electron chi connectivity index (χ3n) is 3.16. The highest BCUT2D eigenvalue weighted by atomic mass is 35.5. The van der Waals surface area contributed by atoms with Gasteiger partial charge in [-0.3, -0.25) is 4.79 Å². The average Bonchev–Trinajstić information content (AvgIpc) is 2.39. The van der Waals surface area contributed by atoms with Crippen LogP contribution in [-0.2, 0) is 9.84 Å². The van der Waals surface area contributed by atoms with Gasteiger partial charge in [-0.05, 0) is 37.6 Å². The first-order valence-corrected chi connectivity index (χ1v) is 8.17. The molecule has 7 heteroatoms. The molecule has 0 radical (unpaired) electrons. The molecular weight excluding hydrogens is 300 g/mol. The Kier molecular flexibility index (Phi) is 5.98. The molecule has 1 saturated heterocycles. The summed E-state index contributed by atoms with van der Waals surface area (Å²) >= 11 is 0. The summed E-state index contributed by atoms with van der Waals surface area (Å²) in [6.45, 7) is 1.74. The van der Waals surface area contributed by atoms with Crippen molar-refractivity contribution in [2.45, 2.75) is 23.8 Å². The monoisotopic (exact) mass is 318 g/mol. The molecule has 1 aliphatic rings. The van der Waals surface area contributed by atoms with E-state index < -0.39 is 9.84 Å². The predicted octanol–water partition coefficient (Wildman–Crippen LogP) is 0.994. The Balaban J connectivity index is 0.00000200. The summed E-state index contributed by atoms with van der Waals surface area (Å²) < 4.78 is 22.9. The van der Waals surface area contributed by atoms with E-state index in [1.165, 1.54) is 12.1 Å². The number of nitrogens with one attached hydrogen (secondary N) is 2. The second-order valence-electron chi connectivity index (χ2n) is 4.82. The first-order valence-electron chi connectivity index (χ1n) is 6.28. The zero-order valence-electron chi connectivity index (χ0n) is 11.3. The molecule has 1 amide bonds. The van der Waals surface area contributed by atoms with Crippen LogP contribution in [0, 0.1) is 0 Å². The summed E-state index contributed by atoms with van der Waals surface area (Å²) in [5.41, 5.74) is 0.383. The highest BCUT2D eigenvalue weighted by molar-refractivity contribution is 7.90. The molecule has 112 valence electrons. The third kappa shape index (κ3) is 4.47. The van der Waals surface area contributed by atoms with Crippen molar-refractivity contribution in [3.63, 3.8) is 0 Å². The summed E-state index contributed by atoms with van der Waals surface area (Å²) in [5.74, 6) is -0.223. The predicted molar refractivity (Wildman–Crippen MR) is 80.2 cm³/mol. The van der Waals surface area contributed by atoms with Crippen molar-refractivity contribution in [2.24, 2.45) is 0 Å². The number of hydrogen-bond acceptors (Lipinski definition) is 4. The average molecular weight is 319 g/mol. The topological polar surface area (TPSA) is 75.3 Å². The molecule has 0 saturated carbocycles. The Labute approximate surface area is 125 Å². The Hall–Kier alpha value is -1.11. The van der Waals surface area contributed by atoms with Crippen LogP contribution < -0.4 is 10.6 Å². The van der Waals surface area contributed by atoms with Gasteiger partial charge in [-0.1, -0.05) is 6.07 Å². The largest absolute Gasteiger partial charge is 0.348 e. The molecule has 2 N–H and O–H groups in total. The number of rotatable bonds is 3. The smallest absolute Gasteiger partial charge is 0.251 e. The highest BCUT2D eigenvalue weighted by Gasteiger charge is 2.17. The lowest BCUT2D eigenvalue weighted by Gasteiger charge is -2.23. The SMILES string of the molecule is CS(=O)(=O)c1cccc(C(=O)N[C@@H]2CCCNC2)c1.Cl. The van der Waals surface area contributed by atoms with Crippen LogP contribution in [0.1, 0.15) is 23.2 Å². The van der Waals surface area contributed by atoms with Crippen LogP contribution in [0.15, 0.2) is 29.2 Å². The van der Waals surface area contributed by atoms with Crippen molar-refractivity contribution >= 4 is 28.2 Å². The van der Waals surface area contributed by atoms with Crippen molar-refractivity contribution < 1.29 is 13.2 Å². The van der Waals surface area contributed by atoms with Crippen LogP contribution in [-0.4, -0.2) is 39.7 Å². The lowest BCUT2D eigenvalue weighted by Crippen LogP contribution is -2.45. The minimum Gasteiger partial charge on any atom is -0.348 e. The molecule has 0 aliphatic carbocycles. The lowest BCUT2D eigenvalue weighted by atomic mass is 10.1. The van der Waals surface area contributed by atoms with Gasteiger partial charge < -0.3 is 10.6 Å². The summed E-state index contributed by atoms with van der Waals surface area (Å²) in [7, 11) is -3.28. The lowest BCUT2D eigenvalue weighted by molar-refractivity contribution is 0.0930. The van der Waals surface area contributed by atoms with Crippen LogP contribution >= 0.6 is 12.4 Å². The fourth-order valence-corrected chi connectivity index (χ4v) is 2.78. The van der Waals surface area contributed by atoms with E-state index in [2.05, 4.69) is 10.6 Å². The minimum absolute atomic E-state index is 0. The molecule has 0 spiro atoms. The molecule has 0 bridgehead atoms. The number of halogens is 1. The van der Waals surface area contributed by atoms with Gasteiger partial charge in [0.25, 0.3) is 5.91 Å². The van der Waals surface area contributed by atoms with E-state index in [1.54, 1.807) is 12.1 Å². The highest BCUT2D eigenvalue weighted by Crippen LogP contribution is 2.12. The molecule has 1 heterocycles. The third-order valence-corrected chi connectivity index (χ3v) is 4.27. The first-order chi connectivity index (χ1) is 8.97. The minimum atomic E-state index is -3.28. The van der Waals surface area contributed by atoms with Gasteiger partial charge in [0.15, 0.2) is 9.84 Å². The van der Waals surface area contributed by atoms with Gasteiger partial charge in [-0.25, -0.2) is 8.42 Å². The number of amides is 1. The van der Waals surface area contributed by atoms with Crippen molar-refractivity contribution in [1.82, 2.24) is 10.6 Å². The standard InChI is InChI=1S/C13H18N2O3S.ClH/c1-19(17,18)12-6-2-4-10(8-12)13(16)15-11-5-3-7-14-9-11;/h2,4,6,8,11,14H,3,5,7,9H2,1H3,(H,15,16);1H/t11-;/m1./s1. The van der Waals surface area contributed by atoms with Gasteiger partial charge >= 0.3 is 0 Å². The second kappa shape index (κ2) is 7.06. The maximum absolute atomic E-state index is 12.1. The van der Waals surface area contributed by atoms with Crippen molar-refractivity contribution in [3.8, 4) is 0 Å². The van der Waals surface area contributed by atoms with E-state index in [1.807, 2.05) is 0 Å². The van der Waals surface area contributed by atoms with Crippen molar-refractivity contribution in [3.05, 3.63) is 29.8 Å². The van der Waals surface area contributed by atoms with Gasteiger partial charge in [-0.15, -0.1) is 12.4 Å². The number of piperidine rings is 1. The van der Waals surface area contributed by atoms with Gasteiger partial charge in [0.2, 0.25) is 0 Å². The molecule has 2 rings (SSSR count). The number of sulfone groups is 1. The van der Waals surface area contributed by atoms with Gasteiger partial charge in [-0.2, -0.15) is 0 Å². The Morgan fingerprint density at radius 1 is 1.40 bits per heavy atom. The van der Waals surface area contributed by atoms with E-state index in [0.29, 0.717) is 5.56 Å². The number of carbonyl (C=O) groups excluding carboxylic acids is 1. The zero-order chi connectivity index (χ0) is 13.9. The van der Waals surface area contributed by atoms with Gasteiger partial charge in [0.05, 0.1) is 4.90 Å². The fourth-order valence-electron chi connectivity index (χ4n) is 2.11. The zero-order valence-corrected chi connectivity index (χ0v) is 12.9. The van der Waals surface area contributed by atoms with E-state index in [4.69, 9.17) is 0 Å². The fraction of sp³-hybridized carbons (Fsp3) is 0.462. The quantitative estimate of drug-likeness (QED) is 0.871. The molecule has 1 aliphatic heterocycles. The Morgan fingerprint density at radius 2 is 2.15 bits per heavy atom. The van der Waals surface area contributed by atoms with E-state index in [0.717, 1.165) is 32.2 Å². The summed E-state index contributed by atoms with van der Waals surface area (Å²) in [5, 5.41) is 6.13. The summed E-state index contributed by atoms with van der Waals surface area (Å²) in [6.07, 6.45) is 3.12. The van der Waals surface area contributed by atoms with Crippen LogP contribution in [0.4, 0.5) is 0 Å².